The number of carbonyl (C=O) groups excluding carboxylic acids is 1. The smallest absolute Gasteiger partial charge is 0.279 e. The van der Waals surface area contributed by atoms with Crippen LogP contribution in [0.25, 0.3) is 16.6 Å². The summed E-state index contributed by atoms with van der Waals surface area (Å²) in [7, 11) is 1.54. The van der Waals surface area contributed by atoms with Crippen molar-refractivity contribution in [2.45, 2.75) is 25.5 Å². The molecule has 0 saturated carbocycles. The number of nitrogens with one attached hydrogen (secondary N) is 1. The van der Waals surface area contributed by atoms with Crippen LogP contribution in [0.2, 0.25) is 0 Å². The number of fused-ring (bicyclic) bond motifs is 2. The van der Waals surface area contributed by atoms with Gasteiger partial charge in [-0.05, 0) is 54.4 Å². The minimum absolute atomic E-state index is 0.00718. The zero-order valence-electron chi connectivity index (χ0n) is 20.7. The minimum Gasteiger partial charge on any atom is -0.497 e. The van der Waals surface area contributed by atoms with Gasteiger partial charge in [0, 0.05) is 18.1 Å². The summed E-state index contributed by atoms with van der Waals surface area (Å²) in [5.74, 6) is -0.405. The first-order chi connectivity index (χ1) is 17.9. The van der Waals surface area contributed by atoms with E-state index in [1.165, 1.54) is 4.68 Å². The third-order valence-corrected chi connectivity index (χ3v) is 6.98. The third-order valence-electron chi connectivity index (χ3n) is 6.98. The number of methoxy groups -OCH3 is 1. The molecule has 0 radical (unpaired) electrons. The van der Waals surface area contributed by atoms with Gasteiger partial charge in [0.1, 0.15) is 5.75 Å². The summed E-state index contributed by atoms with van der Waals surface area (Å²) in [6.45, 7) is 2.02. The molecule has 8 heteroatoms. The van der Waals surface area contributed by atoms with E-state index >= 15 is 0 Å². The standard InChI is InChI=1S/C29H29N3O5/c1-19(7-5-6-16-33)29(36)24-17-22(37-2)14-15-26(24)31(28(29)35)18-20-10-12-21(13-11-20)32-27(34)23-8-3-4-9-25(23)30-32/h3-5,7-15,17,19,30,33,36H,6,16,18H2,1-2H3/b7-5+/t19-,29+/m0/s1. The van der Waals surface area contributed by atoms with Crippen LogP contribution in [0, 0.1) is 5.92 Å². The highest BCUT2D eigenvalue weighted by molar-refractivity contribution is 6.07. The van der Waals surface area contributed by atoms with Gasteiger partial charge in [0.25, 0.3) is 11.5 Å². The minimum atomic E-state index is -1.77. The van der Waals surface area contributed by atoms with Crippen LogP contribution in [-0.2, 0) is 16.9 Å². The predicted octanol–water partition coefficient (Wildman–Crippen LogP) is 3.64. The first-order valence-electron chi connectivity index (χ1n) is 12.2. The molecule has 3 N–H and O–H groups in total. The maximum Gasteiger partial charge on any atom is 0.279 e. The van der Waals surface area contributed by atoms with Gasteiger partial charge in [-0.25, -0.2) is 4.68 Å². The molecule has 0 unspecified atom stereocenters. The molecule has 0 aliphatic carbocycles. The van der Waals surface area contributed by atoms with Crippen molar-refractivity contribution in [3.63, 3.8) is 0 Å². The van der Waals surface area contributed by atoms with Crippen LogP contribution < -0.4 is 15.2 Å². The fourth-order valence-electron chi connectivity index (χ4n) is 4.90. The van der Waals surface area contributed by atoms with Gasteiger partial charge < -0.3 is 19.8 Å². The Morgan fingerprint density at radius 1 is 1.08 bits per heavy atom. The van der Waals surface area contributed by atoms with E-state index in [4.69, 9.17) is 9.84 Å². The summed E-state index contributed by atoms with van der Waals surface area (Å²) >= 11 is 0. The van der Waals surface area contributed by atoms with Gasteiger partial charge in [-0.2, -0.15) is 0 Å². The highest BCUT2D eigenvalue weighted by Crippen LogP contribution is 2.47. The van der Waals surface area contributed by atoms with Crippen molar-refractivity contribution < 1.29 is 19.7 Å². The topological polar surface area (TPSA) is 108 Å². The average molecular weight is 500 g/mol. The zero-order chi connectivity index (χ0) is 26.2. The van der Waals surface area contributed by atoms with Crippen LogP contribution in [0.5, 0.6) is 5.75 Å². The molecule has 2 heterocycles. The van der Waals surface area contributed by atoms with E-state index in [9.17, 15) is 14.7 Å². The van der Waals surface area contributed by atoms with Crippen molar-refractivity contribution in [3.8, 4) is 11.4 Å². The van der Waals surface area contributed by atoms with E-state index in [1.54, 1.807) is 55.4 Å². The number of rotatable bonds is 8. The number of aliphatic hydroxyl groups excluding tert-OH is 1. The fraction of sp³-hybridized carbons (Fsp3) is 0.241. The van der Waals surface area contributed by atoms with Crippen LogP contribution in [-0.4, -0.2) is 39.6 Å². The Morgan fingerprint density at radius 2 is 1.84 bits per heavy atom. The van der Waals surface area contributed by atoms with E-state index in [-0.39, 0.29) is 18.7 Å². The number of benzene rings is 3. The maximum atomic E-state index is 13.7. The number of nitrogens with zero attached hydrogens (tertiary/aromatic N) is 2. The highest BCUT2D eigenvalue weighted by atomic mass is 16.5. The molecule has 1 amide bonds. The first-order valence-corrected chi connectivity index (χ1v) is 12.2. The molecule has 0 bridgehead atoms. The Morgan fingerprint density at radius 3 is 2.54 bits per heavy atom. The number of hydrogen-bond acceptors (Lipinski definition) is 5. The Bertz CT molecular complexity index is 1540. The van der Waals surface area contributed by atoms with Gasteiger partial charge in [-0.1, -0.05) is 43.3 Å². The Kier molecular flexibility index (Phi) is 6.45. The molecule has 0 saturated heterocycles. The number of para-hydroxylation sites is 1. The van der Waals surface area contributed by atoms with E-state index in [1.807, 2.05) is 42.5 Å². The van der Waals surface area contributed by atoms with Crippen molar-refractivity contribution >= 4 is 22.5 Å². The highest BCUT2D eigenvalue weighted by Gasteiger charge is 2.52. The number of aromatic amines is 1. The van der Waals surface area contributed by atoms with Crippen LogP contribution >= 0.6 is 0 Å². The van der Waals surface area contributed by atoms with Gasteiger partial charge in [-0.3, -0.25) is 14.7 Å². The lowest BCUT2D eigenvalue weighted by Crippen LogP contribution is -2.44. The van der Waals surface area contributed by atoms with Crippen molar-refractivity contribution in [2.24, 2.45) is 5.92 Å². The molecule has 5 rings (SSSR count). The largest absolute Gasteiger partial charge is 0.497 e. The lowest BCUT2D eigenvalue weighted by atomic mass is 9.83. The summed E-state index contributed by atoms with van der Waals surface area (Å²) in [6, 6.07) is 20.0. The number of hydrogen-bond donors (Lipinski definition) is 3. The van der Waals surface area contributed by atoms with Gasteiger partial charge in [0.15, 0.2) is 5.60 Å². The molecule has 8 nitrogen and oxygen atoms in total. The number of H-pyrrole nitrogens is 1. The van der Waals surface area contributed by atoms with Crippen LogP contribution in [0.4, 0.5) is 5.69 Å². The number of ether oxygens (including phenoxy) is 1. The molecule has 0 spiro atoms. The van der Waals surface area contributed by atoms with Crippen molar-refractivity contribution in [1.82, 2.24) is 9.78 Å². The SMILES string of the molecule is COc1ccc2c(c1)[C@](O)([C@@H](C)/C=C/CCO)C(=O)N2Cc1ccc(-n2[nH]c3ccccc3c2=O)cc1. The molecule has 190 valence electrons. The summed E-state index contributed by atoms with van der Waals surface area (Å²) in [4.78, 5) is 28.1. The van der Waals surface area contributed by atoms with Crippen LogP contribution in [0.3, 0.4) is 0 Å². The lowest BCUT2D eigenvalue weighted by molar-refractivity contribution is -0.139. The Labute approximate surface area is 214 Å². The molecular weight excluding hydrogens is 470 g/mol. The molecule has 1 aliphatic heterocycles. The quantitative estimate of drug-likeness (QED) is 0.321. The molecular formula is C29H29N3O5. The maximum absolute atomic E-state index is 13.7. The number of aliphatic hydroxyl groups is 2. The van der Waals surface area contributed by atoms with Crippen LogP contribution in [0.15, 0.2) is 83.7 Å². The summed E-state index contributed by atoms with van der Waals surface area (Å²) in [5.41, 5.74) is 1.48. The van der Waals surface area contributed by atoms with Gasteiger partial charge in [0.2, 0.25) is 0 Å². The molecule has 37 heavy (non-hydrogen) atoms. The van der Waals surface area contributed by atoms with E-state index in [2.05, 4.69) is 5.10 Å². The van der Waals surface area contributed by atoms with Crippen molar-refractivity contribution in [2.75, 3.05) is 18.6 Å². The Hall–Kier alpha value is -4.14. The molecule has 4 aromatic rings. The molecule has 3 aromatic carbocycles. The molecule has 1 aliphatic rings. The second-order valence-electron chi connectivity index (χ2n) is 9.23. The Balaban J connectivity index is 1.46. The van der Waals surface area contributed by atoms with E-state index in [0.717, 1.165) is 11.1 Å². The molecule has 2 atom stereocenters. The number of amides is 1. The molecule has 1 aromatic heterocycles. The monoisotopic (exact) mass is 499 g/mol. The van der Waals surface area contributed by atoms with E-state index < -0.39 is 17.4 Å². The van der Waals surface area contributed by atoms with Crippen LogP contribution in [0.1, 0.15) is 24.5 Å². The summed E-state index contributed by atoms with van der Waals surface area (Å²) in [6.07, 6.45) is 3.96. The zero-order valence-corrected chi connectivity index (χ0v) is 20.7. The number of anilines is 1. The van der Waals surface area contributed by atoms with Gasteiger partial charge >= 0.3 is 0 Å². The first kappa shape index (κ1) is 24.5. The second-order valence-corrected chi connectivity index (χ2v) is 9.23. The van der Waals surface area contributed by atoms with Crippen molar-refractivity contribution in [3.05, 3.63) is 100 Å². The van der Waals surface area contributed by atoms with Crippen molar-refractivity contribution in [1.29, 1.82) is 0 Å². The molecule has 0 fully saturated rings. The lowest BCUT2D eigenvalue weighted by Gasteiger charge is -2.27. The average Bonchev–Trinajstić information content (AvgIpc) is 3.37. The predicted molar refractivity (Wildman–Crippen MR) is 142 cm³/mol. The number of carbonyl (C=O) groups is 1. The van der Waals surface area contributed by atoms with E-state index in [0.29, 0.717) is 34.5 Å². The summed E-state index contributed by atoms with van der Waals surface area (Å²) < 4.78 is 6.86. The van der Waals surface area contributed by atoms with Gasteiger partial charge in [0.05, 0.1) is 35.9 Å². The second kappa shape index (κ2) is 9.72. The van der Waals surface area contributed by atoms with Gasteiger partial charge in [-0.15, -0.1) is 0 Å². The normalized spacial score (nSPS) is 18.1. The summed E-state index contributed by atoms with van der Waals surface area (Å²) in [5, 5.41) is 24.6. The number of aromatic nitrogens is 2. The third kappa shape index (κ3) is 4.14. The fourth-order valence-corrected chi connectivity index (χ4v) is 4.90.